The third kappa shape index (κ3) is 4.20. The van der Waals surface area contributed by atoms with E-state index in [9.17, 15) is 4.79 Å². The summed E-state index contributed by atoms with van der Waals surface area (Å²) in [6, 6.07) is 0. The summed E-state index contributed by atoms with van der Waals surface area (Å²) in [5.41, 5.74) is -1.01. The molecule has 0 amide bonds. The van der Waals surface area contributed by atoms with Crippen LogP contribution in [-0.4, -0.2) is 23.8 Å². The largest absolute Gasteiger partial charge is 0.464 e. The highest BCUT2D eigenvalue weighted by molar-refractivity contribution is 5.84. The predicted octanol–water partition coefficient (Wildman–Crippen LogP) is 4.24. The van der Waals surface area contributed by atoms with Crippen molar-refractivity contribution in [3.8, 4) is 0 Å². The van der Waals surface area contributed by atoms with Crippen molar-refractivity contribution in [3.63, 3.8) is 0 Å². The topological polar surface area (TPSA) is 38.8 Å². The van der Waals surface area contributed by atoms with Crippen LogP contribution in [0.2, 0.25) is 0 Å². The van der Waals surface area contributed by atoms with Gasteiger partial charge in [0, 0.05) is 0 Å². The lowest BCUT2D eigenvalue weighted by molar-refractivity contribution is -0.149. The van der Waals surface area contributed by atoms with Crippen LogP contribution in [0.1, 0.15) is 79.1 Å². The van der Waals surface area contributed by atoms with Crippen molar-refractivity contribution in [2.45, 2.75) is 90.3 Å². The number of esters is 1. The molecule has 1 fully saturated rings. The molecule has 3 nitrogen and oxygen atoms in total. The van der Waals surface area contributed by atoms with Gasteiger partial charge in [-0.1, -0.05) is 45.4 Å². The van der Waals surface area contributed by atoms with Gasteiger partial charge in [0.1, 0.15) is 5.60 Å². The second kappa shape index (κ2) is 7.28. The molecule has 1 aliphatic rings. The Balaban J connectivity index is 2.23. The third-order valence-corrected chi connectivity index (χ3v) is 4.10. The summed E-state index contributed by atoms with van der Waals surface area (Å²) in [7, 11) is 0. The van der Waals surface area contributed by atoms with Crippen LogP contribution in [0.4, 0.5) is 0 Å². The van der Waals surface area contributed by atoms with E-state index in [1.807, 2.05) is 20.8 Å². The van der Waals surface area contributed by atoms with E-state index in [0.717, 1.165) is 12.8 Å². The summed E-state index contributed by atoms with van der Waals surface area (Å²) in [4.78, 5) is 12.0. The van der Waals surface area contributed by atoms with Crippen molar-refractivity contribution < 1.29 is 14.3 Å². The Bertz CT molecular complexity index is 286. The first kappa shape index (κ1) is 16.5. The van der Waals surface area contributed by atoms with E-state index < -0.39 is 5.60 Å². The minimum Gasteiger partial charge on any atom is -0.464 e. The first-order chi connectivity index (χ1) is 9.00. The van der Waals surface area contributed by atoms with Crippen LogP contribution >= 0.6 is 0 Å². The summed E-state index contributed by atoms with van der Waals surface area (Å²) < 4.78 is 10.8. The highest BCUT2D eigenvalue weighted by atomic mass is 16.7. The lowest BCUT2D eigenvalue weighted by Gasteiger charge is -2.13. The summed E-state index contributed by atoms with van der Waals surface area (Å²) >= 11 is 0. The van der Waals surface area contributed by atoms with Crippen LogP contribution in [0.5, 0.6) is 0 Å². The fourth-order valence-electron chi connectivity index (χ4n) is 2.73. The maximum Gasteiger partial charge on any atom is 0.341 e. The van der Waals surface area contributed by atoms with Crippen molar-refractivity contribution in [3.05, 3.63) is 0 Å². The Labute approximate surface area is 118 Å². The SMILES string of the molecule is CCCCCCCCCC1(C(=O)OCC)OC1(C)C. The molecule has 3 heteroatoms. The van der Waals surface area contributed by atoms with Gasteiger partial charge in [-0.15, -0.1) is 0 Å². The maximum atomic E-state index is 12.0. The second-order valence-corrected chi connectivity index (χ2v) is 6.03. The summed E-state index contributed by atoms with van der Waals surface area (Å²) in [5.74, 6) is -0.175. The number of unbranched alkanes of at least 4 members (excludes halogenated alkanes) is 6. The van der Waals surface area contributed by atoms with E-state index >= 15 is 0 Å². The molecule has 112 valence electrons. The summed E-state index contributed by atoms with van der Waals surface area (Å²) in [5, 5.41) is 0. The zero-order chi connectivity index (χ0) is 14.4. The lowest BCUT2D eigenvalue weighted by Crippen LogP contribution is -2.33. The van der Waals surface area contributed by atoms with Crippen molar-refractivity contribution in [1.82, 2.24) is 0 Å². The zero-order valence-corrected chi connectivity index (χ0v) is 13.1. The molecule has 1 heterocycles. The maximum absolute atomic E-state index is 12.0. The van der Waals surface area contributed by atoms with Crippen molar-refractivity contribution in [1.29, 1.82) is 0 Å². The van der Waals surface area contributed by atoms with Gasteiger partial charge in [0.05, 0.1) is 6.61 Å². The molecule has 1 saturated heterocycles. The van der Waals surface area contributed by atoms with Gasteiger partial charge in [-0.05, 0) is 33.6 Å². The van der Waals surface area contributed by atoms with Crippen LogP contribution < -0.4 is 0 Å². The quantitative estimate of drug-likeness (QED) is 0.338. The number of carbonyl (C=O) groups excluding carboxylic acids is 1. The average molecular weight is 270 g/mol. The highest BCUT2D eigenvalue weighted by Crippen LogP contribution is 2.51. The van der Waals surface area contributed by atoms with Crippen LogP contribution in [0, 0.1) is 0 Å². The number of hydrogen-bond donors (Lipinski definition) is 0. The van der Waals surface area contributed by atoms with E-state index in [2.05, 4.69) is 6.92 Å². The van der Waals surface area contributed by atoms with Gasteiger partial charge < -0.3 is 9.47 Å². The summed E-state index contributed by atoms with van der Waals surface area (Å²) in [6.45, 7) is 8.46. The molecular formula is C16H30O3. The van der Waals surface area contributed by atoms with E-state index in [1.165, 1.54) is 38.5 Å². The number of epoxide rings is 1. The van der Waals surface area contributed by atoms with E-state index in [0.29, 0.717) is 6.61 Å². The lowest BCUT2D eigenvalue weighted by atomic mass is 9.90. The molecular weight excluding hydrogens is 240 g/mol. The second-order valence-electron chi connectivity index (χ2n) is 6.03. The van der Waals surface area contributed by atoms with Gasteiger partial charge in [0.25, 0.3) is 0 Å². The van der Waals surface area contributed by atoms with Gasteiger partial charge >= 0.3 is 5.97 Å². The Morgan fingerprint density at radius 2 is 1.53 bits per heavy atom. The average Bonchev–Trinajstić information content (AvgIpc) is 2.92. The zero-order valence-electron chi connectivity index (χ0n) is 13.1. The molecule has 0 aromatic rings. The van der Waals surface area contributed by atoms with Crippen molar-refractivity contribution in [2.75, 3.05) is 6.61 Å². The highest BCUT2D eigenvalue weighted by Gasteiger charge is 2.69. The van der Waals surface area contributed by atoms with Crippen LogP contribution in [-0.2, 0) is 14.3 Å². The van der Waals surface area contributed by atoms with Crippen LogP contribution in [0.15, 0.2) is 0 Å². The van der Waals surface area contributed by atoms with Gasteiger partial charge in [-0.25, -0.2) is 4.79 Å². The first-order valence-corrected chi connectivity index (χ1v) is 7.87. The molecule has 0 aromatic carbocycles. The molecule has 0 bridgehead atoms. The van der Waals surface area contributed by atoms with Gasteiger partial charge in [-0.3, -0.25) is 0 Å². The Morgan fingerprint density at radius 3 is 2.00 bits per heavy atom. The molecule has 0 spiro atoms. The molecule has 1 atom stereocenters. The molecule has 0 radical (unpaired) electrons. The Morgan fingerprint density at radius 1 is 1.00 bits per heavy atom. The number of rotatable bonds is 10. The first-order valence-electron chi connectivity index (χ1n) is 7.87. The standard InChI is InChI=1S/C16H30O3/c1-5-7-8-9-10-11-12-13-16(14(17)18-6-2)15(3,4)19-16/h5-13H2,1-4H3. The van der Waals surface area contributed by atoms with Crippen molar-refractivity contribution in [2.24, 2.45) is 0 Å². The molecule has 1 rings (SSSR count). The number of ether oxygens (including phenoxy) is 2. The third-order valence-electron chi connectivity index (χ3n) is 4.10. The minimum absolute atomic E-state index is 0.175. The minimum atomic E-state index is -0.660. The molecule has 0 aromatic heterocycles. The summed E-state index contributed by atoms with van der Waals surface area (Å²) in [6.07, 6.45) is 9.56. The molecule has 0 N–H and O–H groups in total. The van der Waals surface area contributed by atoms with E-state index in [4.69, 9.17) is 9.47 Å². The smallest absolute Gasteiger partial charge is 0.341 e. The molecule has 0 saturated carbocycles. The molecule has 0 aliphatic carbocycles. The van der Waals surface area contributed by atoms with Crippen LogP contribution in [0.25, 0.3) is 0 Å². The van der Waals surface area contributed by atoms with Gasteiger partial charge in [0.15, 0.2) is 5.60 Å². The Hall–Kier alpha value is -0.570. The molecule has 19 heavy (non-hydrogen) atoms. The number of hydrogen-bond acceptors (Lipinski definition) is 3. The van der Waals surface area contributed by atoms with E-state index in [1.54, 1.807) is 0 Å². The fraction of sp³-hybridized carbons (Fsp3) is 0.938. The normalized spacial score (nSPS) is 24.2. The van der Waals surface area contributed by atoms with Crippen molar-refractivity contribution >= 4 is 5.97 Å². The Kier molecular flexibility index (Phi) is 6.31. The molecule has 1 unspecified atom stereocenters. The predicted molar refractivity (Wildman–Crippen MR) is 77.1 cm³/mol. The molecule has 1 aliphatic heterocycles. The van der Waals surface area contributed by atoms with Crippen LogP contribution in [0.3, 0.4) is 0 Å². The van der Waals surface area contributed by atoms with E-state index in [-0.39, 0.29) is 11.6 Å². The number of carbonyl (C=O) groups is 1. The van der Waals surface area contributed by atoms with Gasteiger partial charge in [0.2, 0.25) is 0 Å². The van der Waals surface area contributed by atoms with Gasteiger partial charge in [-0.2, -0.15) is 0 Å². The fourth-order valence-corrected chi connectivity index (χ4v) is 2.73. The monoisotopic (exact) mass is 270 g/mol.